The molecule has 0 N–H and O–H groups in total. The van der Waals surface area contributed by atoms with Gasteiger partial charge in [-0.3, -0.25) is 4.90 Å². The van der Waals surface area contributed by atoms with Crippen LogP contribution in [0.15, 0.2) is 43.0 Å². The van der Waals surface area contributed by atoms with Crippen LogP contribution >= 0.6 is 17.0 Å². The molecule has 0 aromatic heterocycles. The molecular weight excluding hydrogens is 310 g/mol. The zero-order valence-electron chi connectivity index (χ0n) is 12.8. The third-order valence-electron chi connectivity index (χ3n) is 4.78. The fraction of sp³-hybridized carbons (Fsp3) is 0.556. The lowest BCUT2D eigenvalue weighted by Crippen LogP contribution is -2.48. The number of rotatable bonds is 5. The summed E-state index contributed by atoms with van der Waals surface area (Å²) in [5, 5.41) is 0. The summed E-state index contributed by atoms with van der Waals surface area (Å²) < 4.78 is 0. The largest absolute Gasteiger partial charge is 0.299 e. The van der Waals surface area contributed by atoms with Gasteiger partial charge in [0.05, 0.1) is 0 Å². The monoisotopic (exact) mass is 337 g/mol. The molecule has 20 heavy (non-hydrogen) atoms. The molecule has 2 atom stereocenters. The molecule has 1 heterocycles. The van der Waals surface area contributed by atoms with Gasteiger partial charge in [-0.15, -0.1) is 23.6 Å². The van der Waals surface area contributed by atoms with Crippen molar-refractivity contribution in [2.75, 3.05) is 19.6 Å². The van der Waals surface area contributed by atoms with Crippen molar-refractivity contribution >= 4 is 17.0 Å². The van der Waals surface area contributed by atoms with E-state index in [1.165, 1.54) is 32.4 Å². The van der Waals surface area contributed by atoms with Gasteiger partial charge in [0.1, 0.15) is 0 Å². The zero-order valence-corrected chi connectivity index (χ0v) is 14.6. The van der Waals surface area contributed by atoms with Gasteiger partial charge in [-0.2, -0.15) is 0 Å². The number of piperidine rings is 1. The molecule has 1 aliphatic rings. The summed E-state index contributed by atoms with van der Waals surface area (Å²) in [7, 11) is 0. The first-order valence-corrected chi connectivity index (χ1v) is 7.61. The molecule has 0 aliphatic carbocycles. The Balaban J connectivity index is 0.00000200. The van der Waals surface area contributed by atoms with Gasteiger partial charge in [0.15, 0.2) is 0 Å². The van der Waals surface area contributed by atoms with E-state index in [0.717, 1.165) is 6.54 Å². The summed E-state index contributed by atoms with van der Waals surface area (Å²) in [4.78, 5) is 2.54. The molecule has 1 nitrogen and oxygen atoms in total. The minimum atomic E-state index is 0. The van der Waals surface area contributed by atoms with Crippen LogP contribution in [0.25, 0.3) is 0 Å². The van der Waals surface area contributed by atoms with Crippen LogP contribution in [0.3, 0.4) is 0 Å². The summed E-state index contributed by atoms with van der Waals surface area (Å²) in [6.45, 7) is 12.0. The van der Waals surface area contributed by atoms with Crippen LogP contribution in [0, 0.1) is 5.92 Å². The van der Waals surface area contributed by atoms with Crippen LogP contribution in [0.1, 0.15) is 38.7 Å². The van der Waals surface area contributed by atoms with Crippen LogP contribution < -0.4 is 0 Å². The SMILES string of the molecule is Br.C=CCN1CCC(CCC)(c2ccccc2)C(C)C1. The second-order valence-electron chi connectivity index (χ2n) is 5.97. The molecule has 0 spiro atoms. The maximum Gasteiger partial charge on any atom is 0.0160 e. The van der Waals surface area contributed by atoms with Crippen LogP contribution in [-0.4, -0.2) is 24.5 Å². The second kappa shape index (κ2) is 7.99. The van der Waals surface area contributed by atoms with E-state index in [0.29, 0.717) is 11.3 Å². The van der Waals surface area contributed by atoms with Gasteiger partial charge in [0, 0.05) is 18.5 Å². The van der Waals surface area contributed by atoms with Crippen molar-refractivity contribution in [1.29, 1.82) is 0 Å². The fourth-order valence-electron chi connectivity index (χ4n) is 3.77. The smallest absolute Gasteiger partial charge is 0.0160 e. The van der Waals surface area contributed by atoms with Gasteiger partial charge in [-0.1, -0.05) is 56.7 Å². The predicted molar refractivity (Wildman–Crippen MR) is 93.8 cm³/mol. The van der Waals surface area contributed by atoms with E-state index in [2.05, 4.69) is 55.7 Å². The van der Waals surface area contributed by atoms with E-state index in [1.807, 2.05) is 6.08 Å². The quantitative estimate of drug-likeness (QED) is 0.695. The summed E-state index contributed by atoms with van der Waals surface area (Å²) in [6.07, 6.45) is 5.88. The molecule has 1 fully saturated rings. The first kappa shape index (κ1) is 17.5. The van der Waals surface area contributed by atoms with Crippen molar-refractivity contribution in [2.24, 2.45) is 5.92 Å². The lowest BCUT2D eigenvalue weighted by Gasteiger charge is -2.47. The van der Waals surface area contributed by atoms with Crippen LogP contribution in [-0.2, 0) is 5.41 Å². The molecule has 0 radical (unpaired) electrons. The maximum atomic E-state index is 3.87. The number of nitrogens with zero attached hydrogens (tertiary/aromatic N) is 1. The average molecular weight is 338 g/mol. The average Bonchev–Trinajstić information content (AvgIpc) is 2.43. The van der Waals surface area contributed by atoms with Crippen molar-refractivity contribution in [3.05, 3.63) is 48.6 Å². The summed E-state index contributed by atoms with van der Waals surface area (Å²) in [6, 6.07) is 11.2. The lowest BCUT2D eigenvalue weighted by molar-refractivity contribution is 0.102. The lowest BCUT2D eigenvalue weighted by atomic mass is 9.64. The number of hydrogen-bond donors (Lipinski definition) is 0. The summed E-state index contributed by atoms with van der Waals surface area (Å²) >= 11 is 0. The molecule has 1 aliphatic heterocycles. The summed E-state index contributed by atoms with van der Waals surface area (Å²) in [5.74, 6) is 0.712. The summed E-state index contributed by atoms with van der Waals surface area (Å²) in [5.41, 5.74) is 1.93. The Labute approximate surface area is 134 Å². The number of likely N-dealkylation sites (tertiary alicyclic amines) is 1. The van der Waals surface area contributed by atoms with Crippen LogP contribution in [0.5, 0.6) is 0 Å². The molecule has 0 bridgehead atoms. The normalized spacial score (nSPS) is 26.8. The van der Waals surface area contributed by atoms with Crippen molar-refractivity contribution in [1.82, 2.24) is 4.90 Å². The Bertz CT molecular complexity index is 403. The van der Waals surface area contributed by atoms with Crippen molar-refractivity contribution in [3.63, 3.8) is 0 Å². The topological polar surface area (TPSA) is 3.24 Å². The Morgan fingerprint density at radius 2 is 2.05 bits per heavy atom. The molecule has 2 unspecified atom stereocenters. The molecule has 1 aromatic carbocycles. The van der Waals surface area contributed by atoms with Crippen molar-refractivity contribution < 1.29 is 0 Å². The predicted octanol–water partition coefficient (Wildman–Crippen LogP) is 4.83. The third-order valence-corrected chi connectivity index (χ3v) is 4.78. The van der Waals surface area contributed by atoms with Gasteiger partial charge < -0.3 is 0 Å². The Hall–Kier alpha value is -0.600. The minimum Gasteiger partial charge on any atom is -0.299 e. The van der Waals surface area contributed by atoms with Gasteiger partial charge >= 0.3 is 0 Å². The van der Waals surface area contributed by atoms with Gasteiger partial charge in [-0.25, -0.2) is 0 Å². The highest BCUT2D eigenvalue weighted by Gasteiger charge is 2.40. The van der Waals surface area contributed by atoms with E-state index in [9.17, 15) is 0 Å². The highest BCUT2D eigenvalue weighted by molar-refractivity contribution is 8.93. The van der Waals surface area contributed by atoms with Crippen LogP contribution in [0.4, 0.5) is 0 Å². The number of hydrogen-bond acceptors (Lipinski definition) is 1. The number of benzene rings is 1. The van der Waals surface area contributed by atoms with Gasteiger partial charge in [0.2, 0.25) is 0 Å². The Kier molecular flexibility index (Phi) is 6.97. The van der Waals surface area contributed by atoms with E-state index in [1.54, 1.807) is 5.56 Å². The molecule has 0 saturated carbocycles. The highest BCUT2D eigenvalue weighted by Crippen LogP contribution is 2.43. The molecule has 112 valence electrons. The Morgan fingerprint density at radius 3 is 2.60 bits per heavy atom. The molecule has 1 aromatic rings. The molecule has 1 saturated heterocycles. The molecule has 2 rings (SSSR count). The Morgan fingerprint density at radius 1 is 1.35 bits per heavy atom. The minimum absolute atomic E-state index is 0. The standard InChI is InChI=1S/C18H27N.BrH/c1-4-11-18(17-9-7-6-8-10-17)12-14-19(13-5-2)15-16(18)3;/h5-10,16H,2,4,11-15H2,1,3H3;1H. The maximum absolute atomic E-state index is 3.87. The molecular formula is C18H28BrN. The van der Waals surface area contributed by atoms with E-state index >= 15 is 0 Å². The molecule has 0 amide bonds. The van der Waals surface area contributed by atoms with Gasteiger partial charge in [0.25, 0.3) is 0 Å². The van der Waals surface area contributed by atoms with E-state index < -0.39 is 0 Å². The molecule has 2 heteroatoms. The fourth-order valence-corrected chi connectivity index (χ4v) is 3.77. The third kappa shape index (κ3) is 3.53. The zero-order chi connectivity index (χ0) is 13.7. The first-order chi connectivity index (χ1) is 9.23. The van der Waals surface area contributed by atoms with Gasteiger partial charge in [-0.05, 0) is 30.9 Å². The van der Waals surface area contributed by atoms with Crippen molar-refractivity contribution in [2.45, 2.75) is 38.5 Å². The van der Waals surface area contributed by atoms with E-state index in [4.69, 9.17) is 0 Å². The van der Waals surface area contributed by atoms with Crippen LogP contribution in [0.2, 0.25) is 0 Å². The van der Waals surface area contributed by atoms with Crippen molar-refractivity contribution in [3.8, 4) is 0 Å². The van der Waals surface area contributed by atoms with E-state index in [-0.39, 0.29) is 17.0 Å². The highest BCUT2D eigenvalue weighted by atomic mass is 79.9. The first-order valence-electron chi connectivity index (χ1n) is 7.61. The second-order valence-corrected chi connectivity index (χ2v) is 5.97. The number of halogens is 1.